The molecular formula is C67H41NO2S. The molecule has 0 aliphatic heterocycles. The van der Waals surface area contributed by atoms with Crippen LogP contribution in [0.2, 0.25) is 0 Å². The van der Waals surface area contributed by atoms with Crippen LogP contribution in [0.15, 0.2) is 258 Å². The number of para-hydroxylation sites is 2. The molecule has 71 heavy (non-hydrogen) atoms. The molecule has 3 aromatic heterocycles. The van der Waals surface area contributed by atoms with Crippen LogP contribution in [0.1, 0.15) is 22.3 Å². The average molecular weight is 924 g/mol. The largest absolute Gasteiger partial charge is 0.456 e. The fourth-order valence-electron chi connectivity index (χ4n) is 11.8. The van der Waals surface area contributed by atoms with Crippen molar-refractivity contribution in [3.63, 3.8) is 0 Å². The summed E-state index contributed by atoms with van der Waals surface area (Å²) in [6, 6.07) is 90.8. The van der Waals surface area contributed by atoms with Gasteiger partial charge in [0, 0.05) is 58.7 Å². The topological polar surface area (TPSA) is 29.5 Å². The van der Waals surface area contributed by atoms with E-state index in [0.717, 1.165) is 60.9 Å². The molecule has 0 saturated carbocycles. The molecule has 0 bridgehead atoms. The highest BCUT2D eigenvalue weighted by Gasteiger charge is 2.48. The molecule has 1 aliphatic rings. The van der Waals surface area contributed by atoms with E-state index in [1.807, 2.05) is 23.5 Å². The first kappa shape index (κ1) is 40.0. The Hall–Kier alpha value is -8.96. The summed E-state index contributed by atoms with van der Waals surface area (Å²) in [5.41, 5.74) is 18.0. The van der Waals surface area contributed by atoms with Crippen molar-refractivity contribution in [3.8, 4) is 33.4 Å². The SMILES string of the molecule is c1ccc(-c2ccc(N(c3ccc(-c4cccc5c4sc4ccccc45)cc3)c3cccc4c3-c3ccccc3C4(c3ccc4oc5ccccc5c4c3)c3ccc4oc5ccccc5c4c3)cc2)cc1. The summed E-state index contributed by atoms with van der Waals surface area (Å²) < 4.78 is 15.6. The lowest BCUT2D eigenvalue weighted by Crippen LogP contribution is -2.28. The van der Waals surface area contributed by atoms with Gasteiger partial charge < -0.3 is 13.7 Å². The first-order valence-electron chi connectivity index (χ1n) is 24.2. The van der Waals surface area contributed by atoms with Crippen molar-refractivity contribution >= 4 is 92.4 Å². The minimum atomic E-state index is -0.726. The number of thiophene rings is 1. The number of anilines is 3. The van der Waals surface area contributed by atoms with Gasteiger partial charge >= 0.3 is 0 Å². The maximum absolute atomic E-state index is 6.48. The highest BCUT2D eigenvalue weighted by molar-refractivity contribution is 7.26. The molecule has 14 aromatic rings. The van der Waals surface area contributed by atoms with E-state index in [0.29, 0.717) is 0 Å². The summed E-state index contributed by atoms with van der Waals surface area (Å²) in [5.74, 6) is 0. The molecule has 0 fully saturated rings. The van der Waals surface area contributed by atoms with Crippen LogP contribution in [0.4, 0.5) is 17.1 Å². The van der Waals surface area contributed by atoms with Gasteiger partial charge in [0.1, 0.15) is 22.3 Å². The molecule has 0 amide bonds. The molecule has 3 nitrogen and oxygen atoms in total. The third-order valence-electron chi connectivity index (χ3n) is 15.0. The fraction of sp³-hybridized carbons (Fsp3) is 0.0149. The molecule has 3 heterocycles. The first-order chi connectivity index (χ1) is 35.2. The van der Waals surface area contributed by atoms with E-state index in [4.69, 9.17) is 8.83 Å². The van der Waals surface area contributed by atoms with E-state index >= 15 is 0 Å². The number of nitrogens with zero attached hydrogens (tertiary/aromatic N) is 1. The Morgan fingerprint density at radius 3 is 1.54 bits per heavy atom. The Balaban J connectivity index is 0.982. The quantitative estimate of drug-likeness (QED) is 0.160. The lowest BCUT2D eigenvalue weighted by atomic mass is 9.67. The molecule has 4 heteroatoms. The molecule has 15 rings (SSSR count). The molecule has 0 saturated heterocycles. The molecule has 0 atom stereocenters. The molecule has 0 radical (unpaired) electrons. The van der Waals surface area contributed by atoms with Gasteiger partial charge in [-0.25, -0.2) is 0 Å². The number of hydrogen-bond acceptors (Lipinski definition) is 4. The van der Waals surface area contributed by atoms with Gasteiger partial charge in [0.05, 0.1) is 11.1 Å². The minimum absolute atomic E-state index is 0.726. The van der Waals surface area contributed by atoms with Crippen molar-refractivity contribution in [3.05, 3.63) is 271 Å². The second-order valence-electron chi connectivity index (χ2n) is 18.7. The van der Waals surface area contributed by atoms with E-state index < -0.39 is 5.41 Å². The van der Waals surface area contributed by atoms with Gasteiger partial charge in [-0.05, 0) is 123 Å². The van der Waals surface area contributed by atoms with Crippen molar-refractivity contribution in [2.24, 2.45) is 0 Å². The van der Waals surface area contributed by atoms with E-state index in [-0.39, 0.29) is 0 Å². The van der Waals surface area contributed by atoms with Crippen LogP contribution >= 0.6 is 11.3 Å². The smallest absolute Gasteiger partial charge is 0.135 e. The Labute approximate surface area is 413 Å². The van der Waals surface area contributed by atoms with Gasteiger partial charge in [0.15, 0.2) is 0 Å². The van der Waals surface area contributed by atoms with Gasteiger partial charge in [-0.1, -0.05) is 176 Å². The van der Waals surface area contributed by atoms with E-state index in [1.54, 1.807) is 0 Å². The first-order valence-corrected chi connectivity index (χ1v) is 25.0. The highest BCUT2D eigenvalue weighted by Crippen LogP contribution is 2.60. The fourth-order valence-corrected chi connectivity index (χ4v) is 13.1. The van der Waals surface area contributed by atoms with E-state index in [1.165, 1.54) is 75.8 Å². The molecule has 0 N–H and O–H groups in total. The molecule has 0 unspecified atom stereocenters. The van der Waals surface area contributed by atoms with E-state index in [2.05, 4.69) is 241 Å². The summed E-state index contributed by atoms with van der Waals surface area (Å²) in [7, 11) is 0. The summed E-state index contributed by atoms with van der Waals surface area (Å²) in [4.78, 5) is 2.46. The molecule has 332 valence electrons. The van der Waals surface area contributed by atoms with Crippen LogP contribution in [-0.4, -0.2) is 0 Å². The lowest BCUT2D eigenvalue weighted by Gasteiger charge is -2.34. The second-order valence-corrected chi connectivity index (χ2v) is 19.7. The van der Waals surface area contributed by atoms with Crippen molar-refractivity contribution in [2.45, 2.75) is 5.41 Å². The van der Waals surface area contributed by atoms with Crippen LogP contribution in [0.25, 0.3) is 97.4 Å². The monoisotopic (exact) mass is 923 g/mol. The summed E-state index contributed by atoms with van der Waals surface area (Å²) in [6.45, 7) is 0. The Bertz CT molecular complexity index is 4290. The maximum Gasteiger partial charge on any atom is 0.135 e. The van der Waals surface area contributed by atoms with Crippen LogP contribution in [0.5, 0.6) is 0 Å². The van der Waals surface area contributed by atoms with Gasteiger partial charge in [-0.3, -0.25) is 0 Å². The molecule has 1 aliphatic carbocycles. The third kappa shape index (κ3) is 5.95. The lowest BCUT2D eigenvalue weighted by molar-refractivity contribution is 0.667. The summed E-state index contributed by atoms with van der Waals surface area (Å²) in [6.07, 6.45) is 0. The molecular weight excluding hydrogens is 883 g/mol. The van der Waals surface area contributed by atoms with E-state index in [9.17, 15) is 0 Å². The molecule has 0 spiro atoms. The van der Waals surface area contributed by atoms with Gasteiger partial charge in [-0.2, -0.15) is 0 Å². The highest BCUT2D eigenvalue weighted by atomic mass is 32.1. The van der Waals surface area contributed by atoms with Crippen LogP contribution in [-0.2, 0) is 5.41 Å². The Morgan fingerprint density at radius 1 is 0.338 bits per heavy atom. The van der Waals surface area contributed by atoms with Crippen LogP contribution in [0, 0.1) is 0 Å². The normalized spacial score (nSPS) is 12.9. The Morgan fingerprint density at radius 2 is 0.845 bits per heavy atom. The zero-order valence-electron chi connectivity index (χ0n) is 38.3. The predicted octanol–water partition coefficient (Wildman–Crippen LogP) is 19.0. The van der Waals surface area contributed by atoms with Crippen molar-refractivity contribution in [2.75, 3.05) is 4.90 Å². The number of rotatable bonds is 7. The Kier molecular flexibility index (Phi) is 8.74. The summed E-state index contributed by atoms with van der Waals surface area (Å²) >= 11 is 1.87. The average Bonchev–Trinajstić information content (AvgIpc) is 4.20. The minimum Gasteiger partial charge on any atom is -0.456 e. The second kappa shape index (κ2) is 15.5. The number of benzene rings is 11. The van der Waals surface area contributed by atoms with Crippen molar-refractivity contribution < 1.29 is 8.83 Å². The number of hydrogen-bond donors (Lipinski definition) is 0. The van der Waals surface area contributed by atoms with Gasteiger partial charge in [-0.15, -0.1) is 11.3 Å². The van der Waals surface area contributed by atoms with Crippen LogP contribution < -0.4 is 4.90 Å². The van der Waals surface area contributed by atoms with Crippen LogP contribution in [0.3, 0.4) is 0 Å². The van der Waals surface area contributed by atoms with Crippen molar-refractivity contribution in [1.82, 2.24) is 0 Å². The predicted molar refractivity (Wildman–Crippen MR) is 297 cm³/mol. The maximum atomic E-state index is 6.48. The number of furan rings is 2. The molecule has 11 aromatic carbocycles. The zero-order valence-corrected chi connectivity index (χ0v) is 39.2. The number of fused-ring (bicyclic) bond motifs is 12. The third-order valence-corrected chi connectivity index (χ3v) is 16.2. The summed E-state index contributed by atoms with van der Waals surface area (Å²) in [5, 5.41) is 7.01. The zero-order chi connectivity index (χ0) is 46.6. The van der Waals surface area contributed by atoms with Gasteiger partial charge in [0.25, 0.3) is 0 Å². The standard InChI is InChI=1S/C67H41NO2S/c1-2-14-42(15-3-1)43-28-34-47(35-29-43)68(48-36-30-44(31-37-48)49-20-12-21-53-52-18-7-11-27-64(52)71-66(49)53)59-24-13-23-58-65(59)54-19-4-8-22-57(54)67(58,45-32-38-62-55(40-45)50-16-5-9-25-60(50)69-62)46-33-39-63-56(41-46)51-17-6-10-26-61(51)70-63/h1-41H. The van der Waals surface area contributed by atoms with Gasteiger partial charge in [0.2, 0.25) is 0 Å². The van der Waals surface area contributed by atoms with Crippen molar-refractivity contribution in [1.29, 1.82) is 0 Å².